The molecule has 0 heterocycles. The van der Waals surface area contributed by atoms with Gasteiger partial charge in [0.1, 0.15) is 0 Å². The van der Waals surface area contributed by atoms with Crippen molar-refractivity contribution < 1.29 is 0 Å². The molecule has 0 aromatic rings. The predicted molar refractivity (Wildman–Crippen MR) is 59.8 cm³/mol. The van der Waals surface area contributed by atoms with E-state index in [1.807, 2.05) is 0 Å². The predicted octanol–water partition coefficient (Wildman–Crippen LogP) is -1.54. The fraction of sp³-hybridized carbons (Fsp3) is 0. The summed E-state index contributed by atoms with van der Waals surface area (Å²) in [5.74, 6) is 0. The van der Waals surface area contributed by atoms with Crippen molar-refractivity contribution in [1.82, 2.24) is 0 Å². The molecule has 0 aliphatic carbocycles. The molecule has 0 rings (SSSR count). The second-order valence-corrected chi connectivity index (χ2v) is 0. The van der Waals surface area contributed by atoms with Gasteiger partial charge in [-0.2, -0.15) is 0 Å². The normalized spacial score (nSPS) is 0. The zero-order valence-electron chi connectivity index (χ0n) is 4.35. The van der Waals surface area contributed by atoms with Gasteiger partial charge in [0.2, 0.25) is 0 Å². The summed E-state index contributed by atoms with van der Waals surface area (Å²) in [5.41, 5.74) is 0. The van der Waals surface area contributed by atoms with Crippen LogP contribution in [0.25, 0.3) is 0 Å². The largest absolute Gasteiger partial charge is 3.00 e. The van der Waals surface area contributed by atoms with E-state index in [1.165, 1.54) is 0 Å². The van der Waals surface area contributed by atoms with E-state index in [-0.39, 0.29) is 218 Å². The number of hydrogen-bond donors (Lipinski definition) is 0. The summed E-state index contributed by atoms with van der Waals surface area (Å²) in [6.07, 6.45) is 0. The van der Waals surface area contributed by atoms with E-state index in [2.05, 4.69) is 0 Å². The summed E-state index contributed by atoms with van der Waals surface area (Å²) < 4.78 is 0. The Kier molecular flexibility index (Phi) is 520. The molecule has 0 amide bonds. The molecule has 0 unspecified atom stereocenters. The van der Waals surface area contributed by atoms with Gasteiger partial charge in [-0.25, -0.2) is 0 Å². The molecule has 0 aromatic carbocycles. The van der Waals surface area contributed by atoms with Gasteiger partial charge >= 0.3 is 150 Å². The maximum absolute atomic E-state index is 0. The molecule has 0 saturated carbocycles. The summed E-state index contributed by atoms with van der Waals surface area (Å²) >= 11 is 0. The summed E-state index contributed by atoms with van der Waals surface area (Å²) in [6.45, 7) is 0. The van der Waals surface area contributed by atoms with Crippen LogP contribution < -0.4 is 0 Å². The average Bonchev–Trinajstić information content (AvgIpc) is 0. The topological polar surface area (TPSA) is 0 Å². The summed E-state index contributed by atoms with van der Waals surface area (Å²) in [7, 11) is 0. The smallest absolute Gasteiger partial charge is 2.00 e. The summed E-state index contributed by atoms with van der Waals surface area (Å²) in [6, 6.07) is 0. The molecule has 0 atom stereocenters. The molecule has 0 spiro atoms. The monoisotopic (exact) mass is 854 g/mol. The van der Waals surface area contributed by atoms with Crippen LogP contribution in [0.4, 0.5) is 0 Å². The first-order valence-electron chi connectivity index (χ1n) is 0. The van der Waals surface area contributed by atoms with Crippen molar-refractivity contribution in [1.29, 1.82) is 0 Å². The molecule has 4 radical (unpaired) electrons. The number of hydrogen-bond acceptors (Lipinski definition) is 0. The summed E-state index contributed by atoms with van der Waals surface area (Å²) in [5, 5.41) is 0. The molecule has 0 aromatic heterocycles. The van der Waals surface area contributed by atoms with Crippen LogP contribution in [-0.2, 0) is 67.5 Å². The van der Waals surface area contributed by atoms with E-state index in [0.717, 1.165) is 0 Å². The minimum atomic E-state index is 0. The fourth-order valence-electron chi connectivity index (χ4n) is 0. The fourth-order valence-corrected chi connectivity index (χ4v) is 0. The zero-order valence-corrected chi connectivity index (χ0v) is 24.3. The minimum absolute atomic E-state index is 0. The van der Waals surface area contributed by atoms with Crippen molar-refractivity contribution in [2.45, 2.75) is 0 Å². The Morgan fingerprint density at radius 1 is 0.333 bits per heavy atom. The van der Waals surface area contributed by atoms with E-state index in [9.17, 15) is 0 Å². The first kappa shape index (κ1) is 75.9. The molecular formula is Ba2Bi2S5. The van der Waals surface area contributed by atoms with Crippen molar-refractivity contribution in [3.8, 4) is 0 Å². The Hall–Kier alpha value is 6.66. The SMILES string of the molecule is [Ba+2].[Ba+2].[Bi+3].[Bi+3].[S-2].[S-2].[S-2].[S-2].[S-2]. The Morgan fingerprint density at radius 3 is 0.333 bits per heavy atom. The number of rotatable bonds is 0. The van der Waals surface area contributed by atoms with E-state index < -0.39 is 0 Å². The van der Waals surface area contributed by atoms with Crippen molar-refractivity contribution in [3.05, 3.63) is 0 Å². The average molecular weight is 853 g/mol. The van der Waals surface area contributed by atoms with Crippen LogP contribution in [0.2, 0.25) is 0 Å². The van der Waals surface area contributed by atoms with E-state index in [0.29, 0.717) is 0 Å². The molecule has 0 N–H and O–H groups in total. The molecule has 9 heteroatoms. The quantitative estimate of drug-likeness (QED) is 0.260. The van der Waals surface area contributed by atoms with Crippen LogP contribution in [0.3, 0.4) is 0 Å². The van der Waals surface area contributed by atoms with Crippen LogP contribution in [-0.4, -0.2) is 150 Å². The van der Waals surface area contributed by atoms with Gasteiger partial charge in [0.15, 0.2) is 0 Å². The molecule has 0 fully saturated rings. The first-order chi connectivity index (χ1) is 0. The van der Waals surface area contributed by atoms with Gasteiger partial charge in [-0.1, -0.05) is 0 Å². The van der Waals surface area contributed by atoms with Gasteiger partial charge in [0.25, 0.3) is 0 Å². The van der Waals surface area contributed by atoms with E-state index >= 15 is 0 Å². The summed E-state index contributed by atoms with van der Waals surface area (Å²) in [4.78, 5) is 0. The van der Waals surface area contributed by atoms with Gasteiger partial charge in [0, 0.05) is 0 Å². The van der Waals surface area contributed by atoms with Crippen molar-refractivity contribution in [3.63, 3.8) is 0 Å². The third kappa shape index (κ3) is 53.0. The third-order valence-corrected chi connectivity index (χ3v) is 0. The van der Waals surface area contributed by atoms with Crippen LogP contribution in [0.1, 0.15) is 0 Å². The Balaban J connectivity index is 0. The molecule has 0 nitrogen and oxygen atoms in total. The maximum Gasteiger partial charge on any atom is 3.00 e. The molecule has 0 bridgehead atoms. The van der Waals surface area contributed by atoms with Crippen LogP contribution in [0, 0.1) is 0 Å². The Bertz CT molecular complexity index is 12.9. The second-order valence-electron chi connectivity index (χ2n) is 0. The van der Waals surface area contributed by atoms with Gasteiger partial charge in [0.05, 0.1) is 0 Å². The molecular weight excluding hydrogens is 853 g/mol. The van der Waals surface area contributed by atoms with E-state index in [4.69, 9.17) is 0 Å². The standard InChI is InChI=1S/2Ba.2Bi.5S/q2*+2;2*+3;5*-2. The molecule has 44 valence electrons. The van der Waals surface area contributed by atoms with Crippen LogP contribution >= 0.6 is 0 Å². The molecule has 0 saturated heterocycles. The Labute approximate surface area is 211 Å². The maximum atomic E-state index is 0. The minimum Gasteiger partial charge on any atom is -2.00 e. The molecule has 0 aliphatic rings. The van der Waals surface area contributed by atoms with Gasteiger partial charge in [-0.15, -0.1) is 0 Å². The Morgan fingerprint density at radius 2 is 0.333 bits per heavy atom. The van der Waals surface area contributed by atoms with Crippen molar-refractivity contribution >= 4 is 218 Å². The van der Waals surface area contributed by atoms with Gasteiger partial charge < -0.3 is 67.5 Å². The molecule has 9 heavy (non-hydrogen) atoms. The van der Waals surface area contributed by atoms with Crippen molar-refractivity contribution in [2.24, 2.45) is 0 Å². The van der Waals surface area contributed by atoms with E-state index in [1.54, 1.807) is 0 Å². The molecule has 0 aliphatic heterocycles. The van der Waals surface area contributed by atoms with Crippen LogP contribution in [0.5, 0.6) is 0 Å². The van der Waals surface area contributed by atoms with Crippen LogP contribution in [0.15, 0.2) is 0 Å². The first-order valence-corrected chi connectivity index (χ1v) is 0. The van der Waals surface area contributed by atoms with Gasteiger partial charge in [-0.05, 0) is 0 Å². The second kappa shape index (κ2) is 61.7. The van der Waals surface area contributed by atoms with Gasteiger partial charge in [-0.3, -0.25) is 0 Å². The third-order valence-electron chi connectivity index (χ3n) is 0. The van der Waals surface area contributed by atoms with Crippen molar-refractivity contribution in [2.75, 3.05) is 0 Å². The zero-order chi connectivity index (χ0) is 0.